The molecule has 1 aromatic carbocycles. The van der Waals surface area contributed by atoms with Crippen molar-refractivity contribution in [3.05, 3.63) is 89.6 Å². The van der Waals surface area contributed by atoms with Gasteiger partial charge in [0, 0.05) is 37.5 Å². The second-order valence-electron chi connectivity index (χ2n) is 7.09. The molecule has 3 aromatic heterocycles. The van der Waals surface area contributed by atoms with Crippen molar-refractivity contribution in [2.75, 3.05) is 5.32 Å². The number of nitrogens with one attached hydrogen (secondary N) is 2. The Kier molecular flexibility index (Phi) is 4.40. The maximum atomic E-state index is 12.3. The van der Waals surface area contributed by atoms with Crippen LogP contribution in [-0.2, 0) is 17.9 Å². The molecule has 0 fully saturated rings. The van der Waals surface area contributed by atoms with Gasteiger partial charge in [0.1, 0.15) is 5.65 Å². The Morgan fingerprint density at radius 3 is 2.69 bits per heavy atom. The van der Waals surface area contributed by atoms with Crippen molar-refractivity contribution in [2.45, 2.75) is 25.4 Å². The van der Waals surface area contributed by atoms with Crippen LogP contribution in [0.3, 0.4) is 0 Å². The van der Waals surface area contributed by atoms with Gasteiger partial charge in [-0.2, -0.15) is 0 Å². The van der Waals surface area contributed by atoms with Crippen molar-refractivity contribution < 1.29 is 4.79 Å². The van der Waals surface area contributed by atoms with Gasteiger partial charge in [0.05, 0.1) is 17.9 Å². The molecule has 7 nitrogen and oxygen atoms in total. The van der Waals surface area contributed by atoms with Crippen molar-refractivity contribution in [1.29, 1.82) is 0 Å². The third kappa shape index (κ3) is 3.42. The van der Waals surface area contributed by atoms with Gasteiger partial charge in [-0.1, -0.05) is 36.4 Å². The average Bonchev–Trinajstić information content (AvgIpc) is 3.05. The number of nitrogens with zero attached hydrogens (tertiary/aromatic N) is 4. The normalized spacial score (nSPS) is 16.1. The zero-order valence-corrected chi connectivity index (χ0v) is 15.7. The van der Waals surface area contributed by atoms with Gasteiger partial charge in [-0.05, 0) is 23.3 Å². The van der Waals surface area contributed by atoms with Crippen molar-refractivity contribution in [3.8, 4) is 0 Å². The van der Waals surface area contributed by atoms with E-state index in [1.165, 1.54) is 0 Å². The van der Waals surface area contributed by atoms with Gasteiger partial charge in [0.15, 0.2) is 0 Å². The van der Waals surface area contributed by atoms with E-state index in [4.69, 9.17) is 4.98 Å². The monoisotopic (exact) mass is 384 g/mol. The minimum absolute atomic E-state index is 0.00367. The standard InChI is InChI=1S/C22H20N6O/c29-20-10-17(21-18(14-23-20)27-19-8-4-5-9-28(19)21)16-12-25-22(26-13-16)24-11-15-6-2-1-3-7-15/h1-9,12-13,17H,10-11,14H2,(H,23,29)(H,24,25,26)/t17-/m1/s1. The van der Waals surface area contributed by atoms with Crippen LogP contribution >= 0.6 is 0 Å². The number of carbonyl (C=O) groups excluding carboxylic acids is 1. The van der Waals surface area contributed by atoms with Crippen LogP contribution in [0.1, 0.15) is 34.9 Å². The van der Waals surface area contributed by atoms with Crippen LogP contribution in [0.15, 0.2) is 67.1 Å². The first-order valence-corrected chi connectivity index (χ1v) is 9.60. The highest BCUT2D eigenvalue weighted by atomic mass is 16.1. The summed E-state index contributed by atoms with van der Waals surface area (Å²) in [5.41, 5.74) is 4.85. The predicted octanol–water partition coefficient (Wildman–Crippen LogP) is 2.89. The van der Waals surface area contributed by atoms with Gasteiger partial charge < -0.3 is 15.0 Å². The summed E-state index contributed by atoms with van der Waals surface area (Å²) < 4.78 is 2.06. The lowest BCUT2D eigenvalue weighted by molar-refractivity contribution is -0.121. The lowest BCUT2D eigenvalue weighted by Gasteiger charge is -2.15. The lowest BCUT2D eigenvalue weighted by atomic mass is 9.94. The van der Waals surface area contributed by atoms with Gasteiger partial charge in [0.25, 0.3) is 0 Å². The molecule has 29 heavy (non-hydrogen) atoms. The number of hydrogen-bond donors (Lipinski definition) is 2. The molecule has 0 saturated heterocycles. The second-order valence-corrected chi connectivity index (χ2v) is 7.09. The second kappa shape index (κ2) is 7.35. The van der Waals surface area contributed by atoms with Crippen molar-refractivity contribution in [1.82, 2.24) is 24.7 Å². The molecule has 0 spiro atoms. The fraction of sp³-hybridized carbons (Fsp3) is 0.182. The van der Waals surface area contributed by atoms with Crippen LogP contribution in [0.2, 0.25) is 0 Å². The highest BCUT2D eigenvalue weighted by Gasteiger charge is 2.29. The molecular formula is C22H20N6O. The number of carbonyl (C=O) groups is 1. The molecule has 1 aliphatic heterocycles. The number of hydrogen-bond acceptors (Lipinski definition) is 5. The van der Waals surface area contributed by atoms with E-state index < -0.39 is 0 Å². The van der Waals surface area contributed by atoms with E-state index in [0.29, 0.717) is 25.5 Å². The van der Waals surface area contributed by atoms with Crippen LogP contribution in [0.5, 0.6) is 0 Å². The van der Waals surface area contributed by atoms with E-state index >= 15 is 0 Å². The molecule has 0 aliphatic carbocycles. The maximum Gasteiger partial charge on any atom is 0.222 e. The molecule has 2 N–H and O–H groups in total. The van der Waals surface area contributed by atoms with E-state index in [9.17, 15) is 4.79 Å². The molecule has 1 amide bonds. The van der Waals surface area contributed by atoms with Gasteiger partial charge in [-0.15, -0.1) is 0 Å². The Morgan fingerprint density at radius 1 is 1.07 bits per heavy atom. The van der Waals surface area contributed by atoms with Gasteiger partial charge in [0.2, 0.25) is 11.9 Å². The summed E-state index contributed by atoms with van der Waals surface area (Å²) in [6.45, 7) is 1.09. The van der Waals surface area contributed by atoms with Crippen LogP contribution in [0, 0.1) is 0 Å². The summed E-state index contributed by atoms with van der Waals surface area (Å²) in [5.74, 6) is 0.422. The van der Waals surface area contributed by atoms with Crippen LogP contribution in [0.25, 0.3) is 5.65 Å². The summed E-state index contributed by atoms with van der Waals surface area (Å²) in [7, 11) is 0. The minimum atomic E-state index is -0.145. The summed E-state index contributed by atoms with van der Waals surface area (Å²) in [4.78, 5) is 26.0. The third-order valence-electron chi connectivity index (χ3n) is 5.18. The van der Waals surface area contributed by atoms with Crippen LogP contribution < -0.4 is 10.6 Å². The summed E-state index contributed by atoms with van der Waals surface area (Å²) in [5, 5.41) is 6.18. The number of pyridine rings is 1. The number of fused-ring (bicyclic) bond motifs is 3. The van der Waals surface area contributed by atoms with Crippen LogP contribution in [0.4, 0.5) is 5.95 Å². The van der Waals surface area contributed by atoms with E-state index in [1.54, 1.807) is 12.4 Å². The molecule has 0 bridgehead atoms. The Bertz CT molecular complexity index is 1150. The summed E-state index contributed by atoms with van der Waals surface area (Å²) >= 11 is 0. The number of aromatic nitrogens is 4. The highest BCUT2D eigenvalue weighted by Crippen LogP contribution is 2.32. The van der Waals surface area contributed by atoms with Crippen molar-refractivity contribution in [3.63, 3.8) is 0 Å². The predicted molar refractivity (Wildman–Crippen MR) is 109 cm³/mol. The van der Waals surface area contributed by atoms with Gasteiger partial charge in [-0.3, -0.25) is 4.79 Å². The fourth-order valence-electron chi connectivity index (χ4n) is 3.76. The third-order valence-corrected chi connectivity index (χ3v) is 5.18. The summed E-state index contributed by atoms with van der Waals surface area (Å²) in [6, 6.07) is 16.0. The quantitative estimate of drug-likeness (QED) is 0.565. The molecule has 4 heterocycles. The molecule has 7 heteroatoms. The SMILES string of the molecule is O=C1C[C@H](c2cnc(NCc3ccccc3)nc2)c2c(nc3ccccn23)CN1. The molecule has 0 unspecified atom stereocenters. The van der Waals surface area contributed by atoms with Gasteiger partial charge in [-0.25, -0.2) is 15.0 Å². The Morgan fingerprint density at radius 2 is 1.86 bits per heavy atom. The van der Waals surface area contributed by atoms with E-state index in [-0.39, 0.29) is 11.8 Å². The Balaban J connectivity index is 1.44. The Labute approximate surface area is 167 Å². The van der Waals surface area contributed by atoms with E-state index in [0.717, 1.165) is 28.2 Å². The molecule has 4 aromatic rings. The molecule has 0 saturated carbocycles. The van der Waals surface area contributed by atoms with E-state index in [2.05, 4.69) is 37.1 Å². The number of imidazole rings is 1. The number of rotatable bonds is 4. The lowest BCUT2D eigenvalue weighted by Crippen LogP contribution is -2.21. The van der Waals surface area contributed by atoms with Crippen LogP contribution in [-0.4, -0.2) is 25.3 Å². The highest BCUT2D eigenvalue weighted by molar-refractivity contribution is 5.78. The van der Waals surface area contributed by atoms with Crippen molar-refractivity contribution >= 4 is 17.5 Å². The number of anilines is 1. The van der Waals surface area contributed by atoms with E-state index in [1.807, 2.05) is 42.6 Å². The molecule has 5 rings (SSSR count). The zero-order chi connectivity index (χ0) is 19.6. The first-order chi connectivity index (χ1) is 14.3. The first-order valence-electron chi connectivity index (χ1n) is 9.60. The Hall–Kier alpha value is -3.74. The number of amides is 1. The molecular weight excluding hydrogens is 364 g/mol. The summed E-state index contributed by atoms with van der Waals surface area (Å²) in [6.07, 6.45) is 5.93. The molecule has 144 valence electrons. The molecule has 1 atom stereocenters. The maximum absolute atomic E-state index is 12.3. The van der Waals surface area contributed by atoms with Gasteiger partial charge >= 0.3 is 0 Å². The largest absolute Gasteiger partial charge is 0.350 e. The first kappa shape index (κ1) is 17.4. The molecule has 1 aliphatic rings. The fourth-order valence-corrected chi connectivity index (χ4v) is 3.76. The number of benzene rings is 1. The average molecular weight is 384 g/mol. The topological polar surface area (TPSA) is 84.2 Å². The smallest absolute Gasteiger partial charge is 0.222 e. The molecule has 0 radical (unpaired) electrons. The minimum Gasteiger partial charge on any atom is -0.350 e. The van der Waals surface area contributed by atoms with Crippen molar-refractivity contribution in [2.24, 2.45) is 0 Å². The zero-order valence-electron chi connectivity index (χ0n) is 15.7.